The van der Waals surface area contributed by atoms with Gasteiger partial charge >= 0.3 is 7.82 Å². The summed E-state index contributed by atoms with van der Waals surface area (Å²) in [6.07, 6.45) is 23.8. The molecule has 13 nitrogen and oxygen atoms in total. The van der Waals surface area contributed by atoms with Crippen molar-refractivity contribution < 1.29 is 59.0 Å². The van der Waals surface area contributed by atoms with Gasteiger partial charge in [0, 0.05) is 0 Å². The number of allylic oxidation sites excluding steroid dienone is 6. The number of hydrogen-bond donors (Lipinski definition) is 9. The summed E-state index contributed by atoms with van der Waals surface area (Å²) in [7, 11) is -5.16. The zero-order valence-corrected chi connectivity index (χ0v) is 35.6. The van der Waals surface area contributed by atoms with E-state index >= 15 is 0 Å². The Labute approximate surface area is 342 Å². The molecule has 0 aromatic heterocycles. The van der Waals surface area contributed by atoms with Crippen LogP contribution < -0.4 is 5.32 Å². The van der Waals surface area contributed by atoms with Gasteiger partial charge in [0.2, 0.25) is 5.91 Å². The Morgan fingerprint density at radius 1 is 0.614 bits per heavy atom. The lowest BCUT2D eigenvalue weighted by atomic mass is 9.85. The summed E-state index contributed by atoms with van der Waals surface area (Å²) in [5, 5.41) is 74.0. The third kappa shape index (κ3) is 25.5. The number of carbonyl (C=O) groups is 1. The molecule has 0 heterocycles. The quantitative estimate of drug-likeness (QED) is 0.0196. The Morgan fingerprint density at radius 3 is 1.61 bits per heavy atom. The van der Waals surface area contributed by atoms with Crippen LogP contribution in [0.15, 0.2) is 48.6 Å². The molecule has 332 valence electrons. The fourth-order valence-corrected chi connectivity index (χ4v) is 7.51. The van der Waals surface area contributed by atoms with Gasteiger partial charge in [-0.15, -0.1) is 0 Å². The second kappa shape index (κ2) is 33.0. The van der Waals surface area contributed by atoms with E-state index in [1.165, 1.54) is 102 Å². The Kier molecular flexibility index (Phi) is 30.9. The molecule has 0 bridgehead atoms. The van der Waals surface area contributed by atoms with Crippen LogP contribution in [0.5, 0.6) is 0 Å². The van der Waals surface area contributed by atoms with Crippen molar-refractivity contribution in [1.82, 2.24) is 5.32 Å². The molecule has 14 heteroatoms. The number of aliphatic hydroxyl groups excluding tert-OH is 7. The van der Waals surface area contributed by atoms with Crippen LogP contribution in [-0.4, -0.2) is 108 Å². The predicted octanol–water partition coefficient (Wildman–Crippen LogP) is 6.36. The number of aliphatic hydroxyl groups is 7. The largest absolute Gasteiger partial charge is 0.472 e. The van der Waals surface area contributed by atoms with Gasteiger partial charge in [0.25, 0.3) is 0 Å². The fourth-order valence-electron chi connectivity index (χ4n) is 6.55. The van der Waals surface area contributed by atoms with E-state index < -0.39 is 75.2 Å². The van der Waals surface area contributed by atoms with Crippen LogP contribution in [0, 0.1) is 0 Å². The van der Waals surface area contributed by atoms with Crippen LogP contribution in [0.1, 0.15) is 155 Å². The molecule has 0 radical (unpaired) electrons. The van der Waals surface area contributed by atoms with Crippen LogP contribution in [0.3, 0.4) is 0 Å². The van der Waals surface area contributed by atoms with Crippen molar-refractivity contribution in [1.29, 1.82) is 0 Å². The molecule has 8 unspecified atom stereocenters. The Morgan fingerprint density at radius 2 is 1.07 bits per heavy atom. The number of hydrogen-bond acceptors (Lipinski definition) is 11. The van der Waals surface area contributed by atoms with Crippen molar-refractivity contribution in [2.75, 3.05) is 6.61 Å². The third-order valence-corrected chi connectivity index (χ3v) is 11.1. The number of rotatable bonds is 34. The average Bonchev–Trinajstić information content (AvgIpc) is 3.18. The lowest BCUT2D eigenvalue weighted by Gasteiger charge is -2.41. The maximum absolute atomic E-state index is 12.9. The first-order valence-corrected chi connectivity index (χ1v) is 23.2. The van der Waals surface area contributed by atoms with Gasteiger partial charge in [-0.2, -0.15) is 0 Å². The Hall–Kier alpha value is -1.74. The molecule has 1 rings (SSSR count). The average molecular weight is 832 g/mol. The molecule has 1 saturated carbocycles. The number of phosphoric ester groups is 1. The molecule has 0 aliphatic heterocycles. The van der Waals surface area contributed by atoms with Gasteiger partial charge in [-0.3, -0.25) is 13.8 Å². The van der Waals surface area contributed by atoms with Crippen LogP contribution in [0.2, 0.25) is 0 Å². The summed E-state index contributed by atoms with van der Waals surface area (Å²) in [5.74, 6) is -0.672. The summed E-state index contributed by atoms with van der Waals surface area (Å²) in [6.45, 7) is 3.65. The van der Waals surface area contributed by atoms with E-state index in [0.29, 0.717) is 12.8 Å². The first-order valence-electron chi connectivity index (χ1n) is 21.7. The Bertz CT molecular complexity index is 1170. The molecule has 1 aliphatic rings. The van der Waals surface area contributed by atoms with E-state index in [-0.39, 0.29) is 6.42 Å². The summed E-state index contributed by atoms with van der Waals surface area (Å²) in [4.78, 5) is 23.3. The summed E-state index contributed by atoms with van der Waals surface area (Å²) < 4.78 is 22.8. The van der Waals surface area contributed by atoms with Gasteiger partial charge in [-0.25, -0.2) is 4.57 Å². The van der Waals surface area contributed by atoms with Crippen molar-refractivity contribution in [3.05, 3.63) is 48.6 Å². The lowest BCUT2D eigenvalue weighted by molar-refractivity contribution is -0.220. The third-order valence-electron chi connectivity index (χ3n) is 10.1. The fraction of sp³-hybridized carbons (Fsp3) is 0.791. The van der Waals surface area contributed by atoms with Crippen molar-refractivity contribution in [2.45, 2.75) is 210 Å². The molecule has 57 heavy (non-hydrogen) atoms. The first-order chi connectivity index (χ1) is 27.3. The second-order valence-electron chi connectivity index (χ2n) is 15.4. The zero-order valence-electron chi connectivity index (χ0n) is 34.7. The van der Waals surface area contributed by atoms with Crippen molar-refractivity contribution in [3.8, 4) is 0 Å². The van der Waals surface area contributed by atoms with Gasteiger partial charge in [0.15, 0.2) is 0 Å². The van der Waals surface area contributed by atoms with Crippen molar-refractivity contribution in [2.24, 2.45) is 0 Å². The number of phosphoric acid groups is 1. The normalized spacial score (nSPS) is 24.5. The summed E-state index contributed by atoms with van der Waals surface area (Å²) in [5.41, 5.74) is 0. The van der Waals surface area contributed by atoms with E-state index in [4.69, 9.17) is 9.05 Å². The first kappa shape index (κ1) is 53.3. The summed E-state index contributed by atoms with van der Waals surface area (Å²) >= 11 is 0. The van der Waals surface area contributed by atoms with Gasteiger partial charge in [-0.1, -0.05) is 152 Å². The molecule has 0 spiro atoms. The zero-order chi connectivity index (χ0) is 42.3. The van der Waals surface area contributed by atoms with Gasteiger partial charge in [0.05, 0.1) is 31.3 Å². The highest BCUT2D eigenvalue weighted by Gasteiger charge is 2.51. The lowest BCUT2D eigenvalue weighted by Crippen LogP contribution is -2.64. The van der Waals surface area contributed by atoms with Crippen LogP contribution in [0.4, 0.5) is 0 Å². The monoisotopic (exact) mass is 832 g/mol. The SMILES string of the molecule is CCCCCCCC/C=C\C/C=C\C(O)CC(=O)NC(COP(=O)(O)OC1C(O)C(O)C(O)C(O)C1O)C(O)/C=C/CC/C=C/CCCCCCCCCCCC. The number of carbonyl (C=O) groups excluding carboxylic acids is 1. The molecule has 0 aromatic rings. The minimum atomic E-state index is -5.16. The number of nitrogens with one attached hydrogen (secondary N) is 1. The molecule has 1 amide bonds. The topological polar surface area (TPSA) is 226 Å². The van der Waals surface area contributed by atoms with E-state index in [2.05, 4.69) is 37.4 Å². The summed E-state index contributed by atoms with van der Waals surface area (Å²) in [6, 6.07) is -1.29. The van der Waals surface area contributed by atoms with E-state index in [1.54, 1.807) is 12.2 Å². The highest BCUT2D eigenvalue weighted by Crippen LogP contribution is 2.47. The second-order valence-corrected chi connectivity index (χ2v) is 16.8. The molecule has 8 atom stereocenters. The molecular formula is C43H78NO12P. The maximum atomic E-state index is 12.9. The van der Waals surface area contributed by atoms with Crippen LogP contribution >= 0.6 is 7.82 Å². The molecule has 1 aliphatic carbocycles. The minimum Gasteiger partial charge on any atom is -0.389 e. The van der Waals surface area contributed by atoms with Crippen molar-refractivity contribution in [3.63, 3.8) is 0 Å². The molecule has 0 aromatic carbocycles. The molecule has 1 fully saturated rings. The van der Waals surface area contributed by atoms with Gasteiger partial charge in [0.1, 0.15) is 36.6 Å². The van der Waals surface area contributed by atoms with E-state index in [9.17, 15) is 50.0 Å². The number of amides is 1. The van der Waals surface area contributed by atoms with Gasteiger partial charge < -0.3 is 46.0 Å². The molecule has 9 N–H and O–H groups in total. The standard InChI is InChI=1S/C43H78NO12P/c1-3-5-7-9-11-13-15-16-17-18-19-21-23-25-27-29-31-36(46)35(33-55-57(53,54)56-43-41(51)39(49)38(48)40(50)42(43)52)44-37(47)32-34(45)30-28-26-24-22-20-14-12-10-8-6-4-2/h21-24,28-31,34-36,38-43,45-46,48-52H,3-20,25-27,32-33H2,1-2H3,(H,44,47)(H,53,54)/b23-21+,24-22-,30-28-,31-29+. The van der Waals surface area contributed by atoms with Crippen LogP contribution in [0.25, 0.3) is 0 Å². The highest BCUT2D eigenvalue weighted by molar-refractivity contribution is 7.47. The molecule has 0 saturated heterocycles. The van der Waals surface area contributed by atoms with E-state index in [1.807, 2.05) is 6.08 Å². The van der Waals surface area contributed by atoms with E-state index in [0.717, 1.165) is 32.1 Å². The molecular weight excluding hydrogens is 753 g/mol. The number of unbranched alkanes of at least 4 members (excludes halogenated alkanes) is 17. The highest BCUT2D eigenvalue weighted by atomic mass is 31.2. The van der Waals surface area contributed by atoms with Gasteiger partial charge in [-0.05, 0) is 44.9 Å². The maximum Gasteiger partial charge on any atom is 0.472 e. The van der Waals surface area contributed by atoms with Crippen molar-refractivity contribution >= 4 is 13.7 Å². The smallest absolute Gasteiger partial charge is 0.389 e. The van der Waals surface area contributed by atoms with Crippen LogP contribution in [-0.2, 0) is 18.4 Å². The minimum absolute atomic E-state index is 0.361. The predicted molar refractivity (Wildman–Crippen MR) is 224 cm³/mol. The Balaban J connectivity index is 2.68.